The lowest BCUT2D eigenvalue weighted by Crippen LogP contribution is -2.48. The Morgan fingerprint density at radius 2 is 2.00 bits per heavy atom. The molecule has 0 heterocycles. The summed E-state index contributed by atoms with van der Waals surface area (Å²) >= 11 is 4.86. The van der Waals surface area contributed by atoms with Crippen LogP contribution in [0.5, 0.6) is 0 Å². The van der Waals surface area contributed by atoms with Gasteiger partial charge in [-0.3, -0.25) is 0 Å². The van der Waals surface area contributed by atoms with E-state index in [0.717, 1.165) is 0 Å². The molecule has 0 amide bonds. The number of hydrogen-bond donors (Lipinski definition) is 2. The number of rotatable bonds is 6. The standard InChI is InChI=1S/C13H21N3O2S2/c1-13(2,16(3)4)9-15-20(17,18)11-7-5-6-10(8-11)12(14)19/h5-8,15H,9H2,1-4H3,(H2,14,19). The Morgan fingerprint density at radius 1 is 1.40 bits per heavy atom. The van der Waals surface area contributed by atoms with Crippen molar-refractivity contribution in [3.63, 3.8) is 0 Å². The fourth-order valence-corrected chi connectivity index (χ4v) is 2.71. The summed E-state index contributed by atoms with van der Waals surface area (Å²) in [5.74, 6) is 0. The van der Waals surface area contributed by atoms with Crippen LogP contribution in [0.15, 0.2) is 29.2 Å². The maximum Gasteiger partial charge on any atom is 0.240 e. The minimum absolute atomic E-state index is 0.164. The maximum atomic E-state index is 12.3. The molecule has 7 heteroatoms. The molecule has 0 bridgehead atoms. The van der Waals surface area contributed by atoms with Gasteiger partial charge in [-0.05, 0) is 40.1 Å². The average molecular weight is 315 g/mol. The number of thiocarbonyl (C=S) groups is 1. The van der Waals surface area contributed by atoms with Crippen LogP contribution in [0.2, 0.25) is 0 Å². The monoisotopic (exact) mass is 315 g/mol. The average Bonchev–Trinajstić information content (AvgIpc) is 2.36. The van der Waals surface area contributed by atoms with Crippen molar-refractivity contribution in [1.82, 2.24) is 9.62 Å². The molecule has 0 atom stereocenters. The van der Waals surface area contributed by atoms with Crippen LogP contribution in [-0.4, -0.2) is 44.5 Å². The molecule has 0 aliphatic rings. The van der Waals surface area contributed by atoms with Crippen LogP contribution in [0.3, 0.4) is 0 Å². The first-order chi connectivity index (χ1) is 9.06. The molecule has 0 aromatic heterocycles. The van der Waals surface area contributed by atoms with Gasteiger partial charge < -0.3 is 10.6 Å². The van der Waals surface area contributed by atoms with Crippen LogP contribution >= 0.6 is 12.2 Å². The zero-order valence-electron chi connectivity index (χ0n) is 12.2. The van der Waals surface area contributed by atoms with Crippen LogP contribution in [0.1, 0.15) is 19.4 Å². The van der Waals surface area contributed by atoms with E-state index in [9.17, 15) is 8.42 Å². The molecule has 20 heavy (non-hydrogen) atoms. The molecule has 1 rings (SSSR count). The van der Waals surface area contributed by atoms with Gasteiger partial charge in [0.15, 0.2) is 0 Å². The number of nitrogens with one attached hydrogen (secondary N) is 1. The van der Waals surface area contributed by atoms with Crippen LogP contribution < -0.4 is 10.5 Å². The SMILES string of the molecule is CN(C)C(C)(C)CNS(=O)(=O)c1cccc(C(N)=S)c1. The van der Waals surface area contributed by atoms with E-state index in [2.05, 4.69) is 4.72 Å². The first-order valence-corrected chi connectivity index (χ1v) is 8.02. The van der Waals surface area contributed by atoms with E-state index in [4.69, 9.17) is 18.0 Å². The number of likely N-dealkylation sites (N-methyl/N-ethyl adjacent to an activating group) is 1. The molecular formula is C13H21N3O2S2. The highest BCUT2D eigenvalue weighted by Gasteiger charge is 2.24. The van der Waals surface area contributed by atoms with Crippen LogP contribution in [0.4, 0.5) is 0 Å². The largest absolute Gasteiger partial charge is 0.389 e. The number of sulfonamides is 1. The van der Waals surface area contributed by atoms with E-state index in [1.165, 1.54) is 12.1 Å². The van der Waals surface area contributed by atoms with Gasteiger partial charge in [0.05, 0.1) is 4.90 Å². The third kappa shape index (κ3) is 4.24. The highest BCUT2D eigenvalue weighted by Crippen LogP contribution is 2.14. The molecule has 1 aromatic rings. The molecule has 0 saturated heterocycles. The van der Waals surface area contributed by atoms with Gasteiger partial charge in [-0.1, -0.05) is 24.4 Å². The summed E-state index contributed by atoms with van der Waals surface area (Å²) in [6.07, 6.45) is 0. The topological polar surface area (TPSA) is 75.4 Å². The summed E-state index contributed by atoms with van der Waals surface area (Å²) in [7, 11) is 0.234. The Hall–Kier alpha value is -1.02. The fourth-order valence-electron chi connectivity index (χ4n) is 1.33. The molecule has 0 aliphatic heterocycles. The lowest BCUT2D eigenvalue weighted by Gasteiger charge is -2.32. The summed E-state index contributed by atoms with van der Waals surface area (Å²) in [6, 6.07) is 6.31. The number of benzene rings is 1. The molecular weight excluding hydrogens is 294 g/mol. The van der Waals surface area contributed by atoms with Gasteiger partial charge in [-0.25, -0.2) is 13.1 Å². The van der Waals surface area contributed by atoms with Crippen molar-refractivity contribution in [3.8, 4) is 0 Å². The molecule has 3 N–H and O–H groups in total. The van der Waals surface area contributed by atoms with E-state index in [1.807, 2.05) is 32.8 Å². The number of nitrogens with two attached hydrogens (primary N) is 1. The third-order valence-electron chi connectivity index (χ3n) is 3.33. The van der Waals surface area contributed by atoms with E-state index in [-0.39, 0.29) is 15.4 Å². The van der Waals surface area contributed by atoms with Crippen molar-refractivity contribution in [2.75, 3.05) is 20.6 Å². The second-order valence-corrected chi connectivity index (χ2v) is 7.63. The van der Waals surface area contributed by atoms with Crippen LogP contribution in [0.25, 0.3) is 0 Å². The second kappa shape index (κ2) is 6.17. The minimum Gasteiger partial charge on any atom is -0.389 e. The molecule has 1 aromatic carbocycles. The molecule has 0 aliphatic carbocycles. The highest BCUT2D eigenvalue weighted by molar-refractivity contribution is 7.89. The molecule has 112 valence electrons. The van der Waals surface area contributed by atoms with E-state index in [0.29, 0.717) is 12.1 Å². The maximum absolute atomic E-state index is 12.3. The van der Waals surface area contributed by atoms with Gasteiger partial charge in [0.25, 0.3) is 0 Å². The summed E-state index contributed by atoms with van der Waals surface area (Å²) in [5, 5.41) is 0. The predicted octanol–water partition coefficient (Wildman–Crippen LogP) is 0.939. The fraction of sp³-hybridized carbons (Fsp3) is 0.462. The quantitative estimate of drug-likeness (QED) is 0.764. The molecule has 0 unspecified atom stereocenters. The van der Waals surface area contributed by atoms with Gasteiger partial charge in [-0.2, -0.15) is 0 Å². The Balaban J connectivity index is 2.95. The van der Waals surface area contributed by atoms with Gasteiger partial charge >= 0.3 is 0 Å². The Morgan fingerprint density at radius 3 is 2.50 bits per heavy atom. The smallest absolute Gasteiger partial charge is 0.240 e. The van der Waals surface area contributed by atoms with Gasteiger partial charge in [-0.15, -0.1) is 0 Å². The zero-order chi connectivity index (χ0) is 15.6. The third-order valence-corrected chi connectivity index (χ3v) is 4.97. The van der Waals surface area contributed by atoms with Crippen molar-refractivity contribution in [2.24, 2.45) is 5.73 Å². The Labute approximate surface area is 126 Å². The van der Waals surface area contributed by atoms with Gasteiger partial charge in [0, 0.05) is 17.6 Å². The summed E-state index contributed by atoms with van der Waals surface area (Å²) in [6.45, 7) is 4.22. The Kier molecular flexibility index (Phi) is 5.26. The van der Waals surface area contributed by atoms with E-state index < -0.39 is 10.0 Å². The first kappa shape index (κ1) is 17.0. The lowest BCUT2D eigenvalue weighted by molar-refractivity contribution is 0.199. The molecule has 0 saturated carbocycles. The number of nitrogens with zero attached hydrogens (tertiary/aromatic N) is 1. The number of hydrogen-bond acceptors (Lipinski definition) is 4. The van der Waals surface area contributed by atoms with Crippen molar-refractivity contribution < 1.29 is 8.42 Å². The summed E-state index contributed by atoms with van der Waals surface area (Å²) in [5.41, 5.74) is 5.77. The normalized spacial score (nSPS) is 12.7. The van der Waals surface area contributed by atoms with Crippen molar-refractivity contribution >= 4 is 27.2 Å². The summed E-state index contributed by atoms with van der Waals surface area (Å²) < 4.78 is 27.1. The lowest BCUT2D eigenvalue weighted by atomic mass is 10.1. The first-order valence-electron chi connectivity index (χ1n) is 6.13. The van der Waals surface area contributed by atoms with Gasteiger partial charge in [0.1, 0.15) is 4.99 Å². The second-order valence-electron chi connectivity index (χ2n) is 5.42. The van der Waals surface area contributed by atoms with Gasteiger partial charge in [0.2, 0.25) is 10.0 Å². The molecule has 0 fully saturated rings. The van der Waals surface area contributed by atoms with Crippen LogP contribution in [0, 0.1) is 0 Å². The van der Waals surface area contributed by atoms with Crippen molar-refractivity contribution in [3.05, 3.63) is 29.8 Å². The van der Waals surface area contributed by atoms with Crippen molar-refractivity contribution in [2.45, 2.75) is 24.3 Å². The van der Waals surface area contributed by atoms with E-state index >= 15 is 0 Å². The molecule has 5 nitrogen and oxygen atoms in total. The summed E-state index contributed by atoms with van der Waals surface area (Å²) in [4.78, 5) is 2.30. The molecule has 0 spiro atoms. The highest BCUT2D eigenvalue weighted by atomic mass is 32.2. The minimum atomic E-state index is -3.57. The molecule has 0 radical (unpaired) electrons. The van der Waals surface area contributed by atoms with Crippen molar-refractivity contribution in [1.29, 1.82) is 0 Å². The zero-order valence-corrected chi connectivity index (χ0v) is 13.8. The predicted molar refractivity (Wildman–Crippen MR) is 85.3 cm³/mol. The van der Waals surface area contributed by atoms with E-state index in [1.54, 1.807) is 12.1 Å². The Bertz CT molecular complexity index is 595. The van der Waals surface area contributed by atoms with Crippen LogP contribution in [-0.2, 0) is 10.0 Å².